The summed E-state index contributed by atoms with van der Waals surface area (Å²) in [6.45, 7) is 10.8. The second-order valence-electron chi connectivity index (χ2n) is 9.26. The van der Waals surface area contributed by atoms with Crippen molar-refractivity contribution in [2.24, 2.45) is 0 Å². The molecular weight excluding hydrogens is 466 g/mol. The zero-order chi connectivity index (χ0) is 26.3. The van der Waals surface area contributed by atoms with Crippen LogP contribution in [0, 0.1) is 13.8 Å². The lowest BCUT2D eigenvalue weighted by molar-refractivity contribution is -0.140. The van der Waals surface area contributed by atoms with Gasteiger partial charge >= 0.3 is 6.09 Å². The van der Waals surface area contributed by atoms with Crippen LogP contribution >= 0.6 is 12.6 Å². The van der Waals surface area contributed by atoms with Crippen molar-refractivity contribution in [3.63, 3.8) is 0 Å². The molecule has 0 heterocycles. The number of hydrogen-bond acceptors (Lipinski definition) is 6. The lowest BCUT2D eigenvalue weighted by Crippen LogP contribution is -2.53. The van der Waals surface area contributed by atoms with E-state index in [4.69, 9.17) is 4.74 Å². The number of phenolic OH excluding ortho intramolecular Hbond substituents is 1. The highest BCUT2D eigenvalue weighted by atomic mass is 32.1. The molecule has 0 aromatic heterocycles. The first-order valence-corrected chi connectivity index (χ1v) is 12.1. The van der Waals surface area contributed by atoms with E-state index in [9.17, 15) is 19.5 Å². The van der Waals surface area contributed by atoms with Gasteiger partial charge in [-0.3, -0.25) is 9.59 Å². The van der Waals surface area contributed by atoms with Crippen LogP contribution in [0.3, 0.4) is 0 Å². The number of thiol groups is 1. The molecule has 0 aliphatic rings. The van der Waals surface area contributed by atoms with Crippen LogP contribution < -0.4 is 10.6 Å². The summed E-state index contributed by atoms with van der Waals surface area (Å²) in [5.41, 5.74) is 2.10. The lowest BCUT2D eigenvalue weighted by atomic mass is 10.0. The molecule has 8 nitrogen and oxygen atoms in total. The summed E-state index contributed by atoms with van der Waals surface area (Å²) in [4.78, 5) is 40.9. The number of carbonyl (C=O) groups excluding carboxylic acids is 3. The highest BCUT2D eigenvalue weighted by Gasteiger charge is 2.35. The van der Waals surface area contributed by atoms with E-state index in [0.29, 0.717) is 11.3 Å². The average molecular weight is 502 g/mol. The molecule has 0 bridgehead atoms. The Morgan fingerprint density at radius 2 is 1.69 bits per heavy atom. The summed E-state index contributed by atoms with van der Waals surface area (Å²) in [7, 11) is 0. The maximum absolute atomic E-state index is 13.6. The summed E-state index contributed by atoms with van der Waals surface area (Å²) in [5.74, 6) is -0.981. The predicted octanol–water partition coefficient (Wildman–Crippen LogP) is 4.36. The van der Waals surface area contributed by atoms with Crippen LogP contribution in [0.2, 0.25) is 0 Å². The van der Waals surface area contributed by atoms with Gasteiger partial charge in [-0.25, -0.2) is 4.79 Å². The molecule has 3 amide bonds. The molecule has 0 saturated heterocycles. The number of anilines is 1. The summed E-state index contributed by atoms with van der Waals surface area (Å²) in [6, 6.07) is 9.78. The molecule has 35 heavy (non-hydrogen) atoms. The number of alkyl carbamates (subject to hydrolysis) is 1. The largest absolute Gasteiger partial charge is 0.508 e. The number of amides is 3. The maximum atomic E-state index is 13.6. The van der Waals surface area contributed by atoms with Gasteiger partial charge in [-0.1, -0.05) is 30.3 Å². The number of rotatable bonds is 8. The Balaban J connectivity index is 2.43. The van der Waals surface area contributed by atoms with Crippen LogP contribution in [0.1, 0.15) is 50.4 Å². The number of benzene rings is 2. The number of phenols is 1. The molecule has 190 valence electrons. The fourth-order valence-corrected chi connectivity index (χ4v) is 3.92. The Morgan fingerprint density at radius 3 is 2.20 bits per heavy atom. The van der Waals surface area contributed by atoms with Crippen molar-refractivity contribution in [3.8, 4) is 5.75 Å². The number of aryl methyl sites for hydroxylation is 2. The Morgan fingerprint density at radius 1 is 1.09 bits per heavy atom. The van der Waals surface area contributed by atoms with Gasteiger partial charge in [0.15, 0.2) is 0 Å². The standard InChI is InChI=1S/C26H35N3O5S/c1-7-29(24(32)20(15-35)27-25(33)34-26(4,5)6)22(18-12-9-13-19(30)14-18)23(31)28-21-16(2)10-8-11-17(21)3/h8-14,20,22,30,35H,7,15H2,1-6H3,(H,27,33)(H,28,31). The molecule has 2 unspecified atom stereocenters. The van der Waals surface area contributed by atoms with Crippen LogP contribution in [-0.4, -0.2) is 51.9 Å². The van der Waals surface area contributed by atoms with Gasteiger partial charge < -0.3 is 25.4 Å². The zero-order valence-corrected chi connectivity index (χ0v) is 22.0. The van der Waals surface area contributed by atoms with Crippen molar-refractivity contribution in [1.29, 1.82) is 0 Å². The highest BCUT2D eigenvalue weighted by molar-refractivity contribution is 7.80. The van der Waals surface area contributed by atoms with Crippen molar-refractivity contribution in [2.45, 2.75) is 59.2 Å². The predicted molar refractivity (Wildman–Crippen MR) is 140 cm³/mol. The van der Waals surface area contributed by atoms with Gasteiger partial charge in [0.05, 0.1) is 0 Å². The SMILES string of the molecule is CCN(C(=O)C(CS)NC(=O)OC(C)(C)C)C(C(=O)Nc1c(C)cccc1C)c1cccc(O)c1. The minimum Gasteiger partial charge on any atom is -0.508 e. The second-order valence-corrected chi connectivity index (χ2v) is 9.62. The highest BCUT2D eigenvalue weighted by Crippen LogP contribution is 2.28. The summed E-state index contributed by atoms with van der Waals surface area (Å²) in [6.07, 6.45) is -0.755. The van der Waals surface area contributed by atoms with E-state index in [1.54, 1.807) is 39.8 Å². The molecule has 0 spiro atoms. The average Bonchev–Trinajstić information content (AvgIpc) is 2.76. The van der Waals surface area contributed by atoms with E-state index < -0.39 is 35.6 Å². The Bertz CT molecular complexity index is 1050. The normalized spacial score (nSPS) is 12.9. The van der Waals surface area contributed by atoms with E-state index in [1.165, 1.54) is 17.0 Å². The number of aromatic hydroxyl groups is 1. The van der Waals surface area contributed by atoms with Crippen molar-refractivity contribution in [1.82, 2.24) is 10.2 Å². The molecular formula is C26H35N3O5S. The van der Waals surface area contributed by atoms with E-state index in [-0.39, 0.29) is 18.0 Å². The molecule has 0 aliphatic carbocycles. The van der Waals surface area contributed by atoms with Crippen LogP contribution in [-0.2, 0) is 14.3 Å². The molecule has 0 fully saturated rings. The molecule has 2 aromatic rings. The second kappa shape index (κ2) is 12.0. The van der Waals surface area contributed by atoms with Gasteiger partial charge in [0, 0.05) is 18.0 Å². The maximum Gasteiger partial charge on any atom is 0.408 e. The Hall–Kier alpha value is -3.20. The molecule has 3 N–H and O–H groups in total. The molecule has 2 atom stereocenters. The van der Waals surface area contributed by atoms with Gasteiger partial charge in [0.25, 0.3) is 5.91 Å². The number of carbonyl (C=O) groups is 3. The number of ether oxygens (including phenoxy) is 1. The first-order valence-electron chi connectivity index (χ1n) is 11.4. The van der Waals surface area contributed by atoms with Crippen LogP contribution in [0.25, 0.3) is 0 Å². The third kappa shape index (κ3) is 7.65. The lowest BCUT2D eigenvalue weighted by Gasteiger charge is -2.33. The van der Waals surface area contributed by atoms with E-state index in [1.807, 2.05) is 32.0 Å². The summed E-state index contributed by atoms with van der Waals surface area (Å²) < 4.78 is 5.28. The summed E-state index contributed by atoms with van der Waals surface area (Å²) in [5, 5.41) is 15.6. The number of nitrogens with zero attached hydrogens (tertiary/aromatic N) is 1. The quantitative estimate of drug-likeness (QED) is 0.402. The molecule has 0 aliphatic heterocycles. The zero-order valence-electron chi connectivity index (χ0n) is 21.1. The van der Waals surface area contributed by atoms with Crippen molar-refractivity contribution < 1.29 is 24.2 Å². The van der Waals surface area contributed by atoms with E-state index in [0.717, 1.165) is 11.1 Å². The number of para-hydroxylation sites is 1. The van der Waals surface area contributed by atoms with Crippen molar-refractivity contribution in [2.75, 3.05) is 17.6 Å². The molecule has 2 aromatic carbocycles. The van der Waals surface area contributed by atoms with E-state index in [2.05, 4.69) is 23.3 Å². The topological polar surface area (TPSA) is 108 Å². The molecule has 9 heteroatoms. The van der Waals surface area contributed by atoms with Gasteiger partial charge in [0.1, 0.15) is 23.4 Å². The van der Waals surface area contributed by atoms with Crippen LogP contribution in [0.4, 0.5) is 10.5 Å². The third-order valence-corrected chi connectivity index (χ3v) is 5.64. The monoisotopic (exact) mass is 501 g/mol. The van der Waals surface area contributed by atoms with Crippen LogP contribution in [0.5, 0.6) is 5.75 Å². The molecule has 2 rings (SSSR count). The van der Waals surface area contributed by atoms with Crippen LogP contribution in [0.15, 0.2) is 42.5 Å². The fourth-order valence-electron chi connectivity index (χ4n) is 3.67. The number of likely N-dealkylation sites (N-methyl/N-ethyl adjacent to an activating group) is 1. The minimum atomic E-state index is -1.07. The number of hydrogen-bond donors (Lipinski definition) is 4. The van der Waals surface area contributed by atoms with Gasteiger partial charge in [-0.05, 0) is 70.4 Å². The smallest absolute Gasteiger partial charge is 0.408 e. The Kier molecular flexibility index (Phi) is 9.59. The molecule has 0 radical (unpaired) electrons. The van der Waals surface area contributed by atoms with Crippen molar-refractivity contribution >= 4 is 36.2 Å². The first kappa shape index (κ1) is 28.0. The first-order chi connectivity index (χ1) is 16.4. The van der Waals surface area contributed by atoms with E-state index >= 15 is 0 Å². The molecule has 0 saturated carbocycles. The fraction of sp³-hybridized carbons (Fsp3) is 0.423. The summed E-state index contributed by atoms with van der Waals surface area (Å²) >= 11 is 4.25. The van der Waals surface area contributed by atoms with Gasteiger partial charge in [-0.15, -0.1) is 0 Å². The minimum absolute atomic E-state index is 0.000142. The third-order valence-electron chi connectivity index (χ3n) is 5.27. The van der Waals surface area contributed by atoms with Gasteiger partial charge in [-0.2, -0.15) is 12.6 Å². The van der Waals surface area contributed by atoms with Gasteiger partial charge in [0.2, 0.25) is 5.91 Å². The number of nitrogens with one attached hydrogen (secondary N) is 2. The Labute approximate surface area is 212 Å². The van der Waals surface area contributed by atoms with Crippen molar-refractivity contribution in [3.05, 3.63) is 59.2 Å².